The fourth-order valence-electron chi connectivity index (χ4n) is 6.17. The first-order valence-corrected chi connectivity index (χ1v) is 18.2. The molecule has 0 spiro atoms. The molecule has 13 heteroatoms. The molecule has 0 aromatic rings. The molecule has 0 saturated carbocycles. The summed E-state index contributed by atoms with van der Waals surface area (Å²) in [4.78, 5) is 25.4. The normalized spacial score (nSPS) is 40.0. The molecule has 4 heterocycles. The molecule has 4 fully saturated rings. The molecular formula is C36H72N2O11. The van der Waals surface area contributed by atoms with Crippen molar-refractivity contribution in [3.8, 4) is 0 Å². The lowest BCUT2D eigenvalue weighted by Crippen LogP contribution is -2.57. The van der Waals surface area contributed by atoms with Gasteiger partial charge in [-0.15, -0.1) is 0 Å². The Bertz CT molecular complexity index is 925. The van der Waals surface area contributed by atoms with Crippen LogP contribution in [0.3, 0.4) is 0 Å². The molecule has 4 aliphatic heterocycles. The van der Waals surface area contributed by atoms with E-state index in [1.54, 1.807) is 20.8 Å². The Balaban J connectivity index is 0.000000741. The number of cyclic esters (lactones) is 1. The van der Waals surface area contributed by atoms with Crippen LogP contribution in [0.5, 0.6) is 0 Å². The van der Waals surface area contributed by atoms with Crippen LogP contribution in [0, 0.1) is 5.92 Å². The van der Waals surface area contributed by atoms with Gasteiger partial charge in [-0.05, 0) is 80.9 Å². The van der Waals surface area contributed by atoms with Gasteiger partial charge in [0.1, 0.15) is 30.5 Å². The summed E-state index contributed by atoms with van der Waals surface area (Å²) in [6.07, 6.45) is 2.34. The predicted octanol–water partition coefficient (Wildman–Crippen LogP) is 3.17. The first kappa shape index (κ1) is 47.7. The third-order valence-corrected chi connectivity index (χ3v) is 9.17. The minimum Gasteiger partial charge on any atom is -0.462 e. The SMILES string of the molecule is CC.CC.CC1CC(N(C)C)CC(O)O1.CC1C[C@H]2C[C@](C)(O)CCCNC(C)C(O2)[C@](C)(O)COC1=O.CO[C@]1(C)CC(O)OCC1=O. The number of rotatable bonds is 2. The van der Waals surface area contributed by atoms with E-state index in [2.05, 4.69) is 10.2 Å². The van der Waals surface area contributed by atoms with Gasteiger partial charge in [-0.25, -0.2) is 0 Å². The van der Waals surface area contributed by atoms with Gasteiger partial charge in [-0.2, -0.15) is 0 Å². The fourth-order valence-corrected chi connectivity index (χ4v) is 6.17. The predicted molar refractivity (Wildman–Crippen MR) is 189 cm³/mol. The maximum absolute atomic E-state index is 12.1. The summed E-state index contributed by atoms with van der Waals surface area (Å²) >= 11 is 0. The molecular weight excluding hydrogens is 636 g/mol. The van der Waals surface area contributed by atoms with E-state index >= 15 is 0 Å². The van der Waals surface area contributed by atoms with Gasteiger partial charge in [0.05, 0.1) is 23.7 Å². The van der Waals surface area contributed by atoms with Crippen molar-refractivity contribution >= 4 is 11.8 Å². The van der Waals surface area contributed by atoms with Crippen LogP contribution in [0.15, 0.2) is 0 Å². The summed E-state index contributed by atoms with van der Waals surface area (Å²) in [6.45, 7) is 19.5. The van der Waals surface area contributed by atoms with Crippen molar-refractivity contribution in [3.05, 3.63) is 0 Å². The number of carbonyl (C=O) groups excluding carboxylic acids is 2. The summed E-state index contributed by atoms with van der Waals surface area (Å²) < 4.78 is 26.4. The first-order chi connectivity index (χ1) is 22.8. The molecule has 0 aliphatic carbocycles. The average molecular weight is 709 g/mol. The minimum atomic E-state index is -1.28. The van der Waals surface area contributed by atoms with Gasteiger partial charge >= 0.3 is 5.97 Å². The lowest BCUT2D eigenvalue weighted by Gasteiger charge is -2.40. The monoisotopic (exact) mass is 709 g/mol. The molecule has 4 saturated heterocycles. The van der Waals surface area contributed by atoms with E-state index in [4.69, 9.17) is 28.8 Å². The molecule has 0 aromatic carbocycles. The van der Waals surface area contributed by atoms with Gasteiger partial charge in [0.2, 0.25) is 0 Å². The molecule has 0 radical (unpaired) electrons. The van der Waals surface area contributed by atoms with E-state index in [9.17, 15) is 24.9 Å². The Kier molecular flexibility index (Phi) is 22.0. The van der Waals surface area contributed by atoms with Gasteiger partial charge < -0.3 is 54.3 Å². The van der Waals surface area contributed by atoms with E-state index in [0.717, 1.165) is 25.8 Å². The maximum Gasteiger partial charge on any atom is 0.308 e. The highest BCUT2D eigenvalue weighted by molar-refractivity contribution is 5.88. The molecule has 13 nitrogen and oxygen atoms in total. The number of methoxy groups -OCH3 is 1. The van der Waals surface area contributed by atoms with Crippen LogP contribution in [-0.4, -0.2) is 138 Å². The number of Topliss-reactive ketones (excluding diaryl/α,β-unsaturated/α-hetero) is 1. The van der Waals surface area contributed by atoms with Crippen molar-refractivity contribution in [3.63, 3.8) is 0 Å². The number of carbonyl (C=O) groups is 2. The van der Waals surface area contributed by atoms with Gasteiger partial charge in [0.15, 0.2) is 18.4 Å². The Morgan fingerprint density at radius 2 is 1.51 bits per heavy atom. The van der Waals surface area contributed by atoms with Gasteiger partial charge in [0.25, 0.3) is 0 Å². The van der Waals surface area contributed by atoms with Crippen LogP contribution in [0.2, 0.25) is 0 Å². The quantitative estimate of drug-likeness (QED) is 0.265. The molecule has 5 N–H and O–H groups in total. The third kappa shape index (κ3) is 16.7. The number of esters is 1. The zero-order valence-corrected chi connectivity index (χ0v) is 32.8. The number of fused-ring (bicyclic) bond motifs is 2. The summed E-state index contributed by atoms with van der Waals surface area (Å²) in [5.41, 5.74) is -2.99. The number of hydrogen-bond donors (Lipinski definition) is 5. The van der Waals surface area contributed by atoms with Gasteiger partial charge in [-0.1, -0.05) is 34.6 Å². The van der Waals surface area contributed by atoms with Crippen LogP contribution < -0.4 is 5.32 Å². The Hall–Kier alpha value is -1.26. The highest BCUT2D eigenvalue weighted by Crippen LogP contribution is 2.31. The number of aliphatic hydroxyl groups is 4. The molecule has 2 bridgehead atoms. The van der Waals surface area contributed by atoms with Crippen LogP contribution in [0.4, 0.5) is 0 Å². The number of ether oxygens (including phenoxy) is 5. The lowest BCUT2D eigenvalue weighted by atomic mass is 9.87. The molecule has 11 atom stereocenters. The molecule has 4 rings (SSSR count). The second-order valence-electron chi connectivity index (χ2n) is 14.1. The summed E-state index contributed by atoms with van der Waals surface area (Å²) in [5, 5.41) is 43.0. The van der Waals surface area contributed by atoms with E-state index in [1.807, 2.05) is 62.6 Å². The molecule has 0 aromatic heterocycles. The van der Waals surface area contributed by atoms with Crippen molar-refractivity contribution in [2.24, 2.45) is 5.92 Å². The van der Waals surface area contributed by atoms with Crippen LogP contribution in [-0.2, 0) is 33.3 Å². The number of aliphatic hydroxyl groups excluding tert-OH is 2. The van der Waals surface area contributed by atoms with Gasteiger partial charge in [-0.3, -0.25) is 9.59 Å². The van der Waals surface area contributed by atoms with E-state index in [-0.39, 0.29) is 55.6 Å². The second kappa shape index (κ2) is 22.6. The van der Waals surface area contributed by atoms with Crippen LogP contribution in [0.25, 0.3) is 0 Å². The van der Waals surface area contributed by atoms with Crippen molar-refractivity contribution in [1.82, 2.24) is 10.2 Å². The van der Waals surface area contributed by atoms with Gasteiger partial charge in [0, 0.05) is 38.5 Å². The van der Waals surface area contributed by atoms with E-state index in [1.165, 1.54) is 7.11 Å². The molecule has 49 heavy (non-hydrogen) atoms. The summed E-state index contributed by atoms with van der Waals surface area (Å²) in [6, 6.07) is 0.386. The molecule has 0 amide bonds. The van der Waals surface area contributed by atoms with Crippen molar-refractivity contribution in [2.45, 2.75) is 174 Å². The smallest absolute Gasteiger partial charge is 0.308 e. The highest BCUT2D eigenvalue weighted by Gasteiger charge is 2.43. The molecule has 292 valence electrons. The van der Waals surface area contributed by atoms with Crippen LogP contribution >= 0.6 is 0 Å². The van der Waals surface area contributed by atoms with Crippen molar-refractivity contribution in [2.75, 3.05) is 41.0 Å². The largest absolute Gasteiger partial charge is 0.462 e. The van der Waals surface area contributed by atoms with Crippen molar-refractivity contribution in [1.29, 1.82) is 0 Å². The topological polar surface area (TPSA) is 176 Å². The summed E-state index contributed by atoms with van der Waals surface area (Å²) in [7, 11) is 5.53. The van der Waals surface area contributed by atoms with Crippen molar-refractivity contribution < 1.29 is 53.7 Å². The molecule has 7 unspecified atom stereocenters. The van der Waals surface area contributed by atoms with E-state index < -0.39 is 35.5 Å². The van der Waals surface area contributed by atoms with E-state index in [0.29, 0.717) is 25.3 Å². The average Bonchev–Trinajstić information content (AvgIpc) is 3.07. The maximum atomic E-state index is 12.1. The number of ketones is 1. The zero-order chi connectivity index (χ0) is 38.2. The molecule has 4 aliphatic rings. The number of nitrogens with zero attached hydrogens (tertiary/aromatic N) is 1. The second-order valence-corrected chi connectivity index (χ2v) is 14.1. The Labute approximate surface area is 296 Å². The zero-order valence-electron chi connectivity index (χ0n) is 32.8. The fraction of sp³-hybridized carbons (Fsp3) is 0.944. The lowest BCUT2D eigenvalue weighted by molar-refractivity contribution is -0.193. The standard InChI is InChI=1S/C17H31NO5.C8H17NO2.C7H12O4.2C2H6/c1-11-8-13-9-16(3,20)6-5-7-18-12(2)14(23-13)17(4,21)10-22-15(11)19;1-6-4-7(9(2)3)5-8(10)11-6;1-7(10-2)3-6(9)11-4-5(7)8;2*1-2/h11-14,18,20-21H,5-10H2,1-4H3;6-8,10H,4-5H2,1-3H3;6,9H,3-4H2,1-2H3;2*1-2H3/t11?,12?,13-,14?,16+,17+;;6?,7-;;/m0.1../s1. The Morgan fingerprint density at radius 3 is 2.04 bits per heavy atom. The summed E-state index contributed by atoms with van der Waals surface area (Å²) in [5.74, 6) is -0.767. The number of nitrogens with one attached hydrogen (secondary N) is 1. The van der Waals surface area contributed by atoms with Crippen LogP contribution in [0.1, 0.15) is 114 Å². The highest BCUT2D eigenvalue weighted by atomic mass is 16.6. The Morgan fingerprint density at radius 1 is 0.898 bits per heavy atom. The third-order valence-electron chi connectivity index (χ3n) is 9.17. The minimum absolute atomic E-state index is 0.0640. The number of hydrogen-bond acceptors (Lipinski definition) is 13. The first-order valence-electron chi connectivity index (χ1n) is 18.2.